The molecule has 1 amide bonds. The standard InChI is InChI=1S/C10H18ClNO/c1-3-5-7-8-10(13)12(11)9-6-4-2/h3,5H,4,6-9H2,1-2H3. The highest BCUT2D eigenvalue weighted by Crippen LogP contribution is 2.04. The molecule has 0 aromatic rings. The van der Waals surface area contributed by atoms with Crippen molar-refractivity contribution in [2.75, 3.05) is 6.54 Å². The summed E-state index contributed by atoms with van der Waals surface area (Å²) in [6.07, 6.45) is 7.24. The molecule has 2 nitrogen and oxygen atoms in total. The van der Waals surface area contributed by atoms with Gasteiger partial charge in [0.1, 0.15) is 0 Å². The number of hydrogen-bond acceptors (Lipinski definition) is 1. The van der Waals surface area contributed by atoms with Gasteiger partial charge in [0, 0.05) is 24.7 Å². The van der Waals surface area contributed by atoms with Crippen molar-refractivity contribution in [2.24, 2.45) is 0 Å². The van der Waals surface area contributed by atoms with Gasteiger partial charge in [0.05, 0.1) is 0 Å². The third-order valence-electron chi connectivity index (χ3n) is 1.74. The van der Waals surface area contributed by atoms with Gasteiger partial charge in [-0.25, -0.2) is 0 Å². The fraction of sp³-hybridized carbons (Fsp3) is 0.700. The number of allylic oxidation sites excluding steroid dienone is 2. The van der Waals surface area contributed by atoms with Gasteiger partial charge in [-0.1, -0.05) is 25.5 Å². The Morgan fingerprint density at radius 2 is 2.23 bits per heavy atom. The summed E-state index contributed by atoms with van der Waals surface area (Å²) in [5.74, 6) is 0.0215. The molecule has 0 aromatic carbocycles. The van der Waals surface area contributed by atoms with Crippen LogP contribution in [0.2, 0.25) is 0 Å². The Kier molecular flexibility index (Phi) is 7.80. The smallest absolute Gasteiger partial charge is 0.237 e. The van der Waals surface area contributed by atoms with E-state index in [1.807, 2.05) is 19.1 Å². The van der Waals surface area contributed by atoms with Gasteiger partial charge in [-0.3, -0.25) is 9.21 Å². The maximum Gasteiger partial charge on any atom is 0.237 e. The molecule has 3 heteroatoms. The number of unbranched alkanes of at least 4 members (excludes halogenated alkanes) is 1. The summed E-state index contributed by atoms with van der Waals surface area (Å²) in [6, 6.07) is 0. The van der Waals surface area contributed by atoms with Gasteiger partial charge in [-0.15, -0.1) is 0 Å². The molecule has 0 bridgehead atoms. The monoisotopic (exact) mass is 203 g/mol. The number of rotatable bonds is 6. The van der Waals surface area contributed by atoms with Gasteiger partial charge in [0.15, 0.2) is 0 Å². The first-order chi connectivity index (χ1) is 6.22. The van der Waals surface area contributed by atoms with Crippen LogP contribution in [0.3, 0.4) is 0 Å². The predicted octanol–water partition coefficient (Wildman–Crippen LogP) is 3.13. The van der Waals surface area contributed by atoms with Crippen LogP contribution < -0.4 is 0 Å². The van der Waals surface area contributed by atoms with Crippen molar-refractivity contribution in [1.82, 2.24) is 4.42 Å². The maximum absolute atomic E-state index is 11.3. The lowest BCUT2D eigenvalue weighted by Gasteiger charge is -2.12. The van der Waals surface area contributed by atoms with Crippen LogP contribution in [0, 0.1) is 0 Å². The molecule has 0 radical (unpaired) electrons. The summed E-state index contributed by atoms with van der Waals surface area (Å²) in [5, 5.41) is 0. The fourth-order valence-electron chi connectivity index (χ4n) is 0.916. The second-order valence-corrected chi connectivity index (χ2v) is 3.35. The number of amides is 1. The minimum atomic E-state index is 0.0215. The minimum absolute atomic E-state index is 0.0215. The zero-order valence-corrected chi connectivity index (χ0v) is 9.18. The summed E-state index contributed by atoms with van der Waals surface area (Å²) < 4.78 is 1.30. The van der Waals surface area contributed by atoms with E-state index in [9.17, 15) is 4.79 Å². The highest BCUT2D eigenvalue weighted by molar-refractivity contribution is 6.21. The van der Waals surface area contributed by atoms with E-state index in [1.54, 1.807) is 0 Å². The molecule has 0 atom stereocenters. The van der Waals surface area contributed by atoms with Gasteiger partial charge >= 0.3 is 0 Å². The molecule has 0 saturated carbocycles. The SMILES string of the molecule is CC=CCCC(=O)N(Cl)CCCC. The molecular formula is C10H18ClNO. The summed E-state index contributed by atoms with van der Waals surface area (Å²) in [7, 11) is 0. The number of hydrogen-bond donors (Lipinski definition) is 0. The minimum Gasteiger partial charge on any atom is -0.274 e. The first-order valence-electron chi connectivity index (χ1n) is 4.79. The van der Waals surface area contributed by atoms with Crippen LogP contribution in [0.5, 0.6) is 0 Å². The van der Waals surface area contributed by atoms with Crippen LogP contribution in [0.25, 0.3) is 0 Å². The summed E-state index contributed by atoms with van der Waals surface area (Å²) in [5.41, 5.74) is 0. The molecule has 0 spiro atoms. The maximum atomic E-state index is 11.3. The van der Waals surface area contributed by atoms with E-state index in [0.29, 0.717) is 13.0 Å². The quantitative estimate of drug-likeness (QED) is 0.480. The largest absolute Gasteiger partial charge is 0.274 e. The molecule has 0 unspecified atom stereocenters. The number of carbonyl (C=O) groups excluding carboxylic acids is 1. The molecular weight excluding hydrogens is 186 g/mol. The first kappa shape index (κ1) is 12.5. The van der Waals surface area contributed by atoms with E-state index in [2.05, 4.69) is 6.92 Å². The Balaban J connectivity index is 3.56. The Hall–Kier alpha value is -0.500. The molecule has 0 heterocycles. The predicted molar refractivity (Wildman–Crippen MR) is 56.5 cm³/mol. The Labute approximate surface area is 85.7 Å². The first-order valence-corrected chi connectivity index (χ1v) is 5.13. The van der Waals surface area contributed by atoms with Crippen LogP contribution in [0.1, 0.15) is 39.5 Å². The number of nitrogens with zero attached hydrogens (tertiary/aromatic N) is 1. The van der Waals surface area contributed by atoms with Gasteiger partial charge in [-0.05, 0) is 19.8 Å². The van der Waals surface area contributed by atoms with Crippen molar-refractivity contribution in [3.8, 4) is 0 Å². The van der Waals surface area contributed by atoms with Crippen molar-refractivity contribution in [3.63, 3.8) is 0 Å². The van der Waals surface area contributed by atoms with Gasteiger partial charge in [-0.2, -0.15) is 0 Å². The molecule has 0 aliphatic rings. The topological polar surface area (TPSA) is 20.3 Å². The number of carbonyl (C=O) groups is 1. The zero-order valence-electron chi connectivity index (χ0n) is 8.42. The van der Waals surface area contributed by atoms with Crippen molar-refractivity contribution in [2.45, 2.75) is 39.5 Å². The highest BCUT2D eigenvalue weighted by atomic mass is 35.5. The average Bonchev–Trinajstić information content (AvgIpc) is 2.14. The molecule has 0 aromatic heterocycles. The molecule has 0 aliphatic carbocycles. The fourth-order valence-corrected chi connectivity index (χ4v) is 1.12. The van der Waals surface area contributed by atoms with Crippen LogP contribution in [0.4, 0.5) is 0 Å². The lowest BCUT2D eigenvalue weighted by molar-refractivity contribution is -0.126. The Morgan fingerprint density at radius 3 is 2.77 bits per heavy atom. The van der Waals surface area contributed by atoms with E-state index in [0.717, 1.165) is 19.3 Å². The van der Waals surface area contributed by atoms with E-state index in [4.69, 9.17) is 11.8 Å². The van der Waals surface area contributed by atoms with Crippen LogP contribution in [-0.4, -0.2) is 16.9 Å². The van der Waals surface area contributed by atoms with Crippen LogP contribution >= 0.6 is 11.8 Å². The second kappa shape index (κ2) is 8.11. The van der Waals surface area contributed by atoms with Crippen LogP contribution in [0.15, 0.2) is 12.2 Å². The third-order valence-corrected chi connectivity index (χ3v) is 2.10. The summed E-state index contributed by atoms with van der Waals surface area (Å²) in [4.78, 5) is 11.3. The summed E-state index contributed by atoms with van der Waals surface area (Å²) >= 11 is 5.75. The van der Waals surface area contributed by atoms with Gasteiger partial charge in [0.25, 0.3) is 0 Å². The van der Waals surface area contributed by atoms with E-state index < -0.39 is 0 Å². The molecule has 0 fully saturated rings. The molecule has 0 aliphatic heterocycles. The van der Waals surface area contributed by atoms with Crippen molar-refractivity contribution in [1.29, 1.82) is 0 Å². The molecule has 0 rings (SSSR count). The summed E-state index contributed by atoms with van der Waals surface area (Å²) in [6.45, 7) is 4.68. The molecule has 0 saturated heterocycles. The average molecular weight is 204 g/mol. The van der Waals surface area contributed by atoms with Crippen molar-refractivity contribution >= 4 is 17.7 Å². The van der Waals surface area contributed by atoms with E-state index in [-0.39, 0.29) is 5.91 Å². The molecule has 76 valence electrons. The van der Waals surface area contributed by atoms with Gasteiger partial charge < -0.3 is 0 Å². The number of halogens is 1. The zero-order chi connectivity index (χ0) is 10.1. The second-order valence-electron chi connectivity index (χ2n) is 2.94. The lowest BCUT2D eigenvalue weighted by atomic mass is 10.2. The molecule has 13 heavy (non-hydrogen) atoms. The Morgan fingerprint density at radius 1 is 1.54 bits per heavy atom. The van der Waals surface area contributed by atoms with Crippen molar-refractivity contribution < 1.29 is 4.79 Å². The van der Waals surface area contributed by atoms with E-state index >= 15 is 0 Å². The third kappa shape index (κ3) is 6.64. The van der Waals surface area contributed by atoms with Crippen molar-refractivity contribution in [3.05, 3.63) is 12.2 Å². The Bertz CT molecular complexity index is 168. The highest BCUT2D eigenvalue weighted by Gasteiger charge is 2.08. The van der Waals surface area contributed by atoms with E-state index in [1.165, 1.54) is 4.42 Å². The molecule has 0 N–H and O–H groups in total. The normalized spacial score (nSPS) is 10.7. The van der Waals surface area contributed by atoms with Crippen LogP contribution in [-0.2, 0) is 4.79 Å². The van der Waals surface area contributed by atoms with Gasteiger partial charge in [0.2, 0.25) is 5.91 Å². The lowest BCUT2D eigenvalue weighted by Crippen LogP contribution is -2.21.